The Morgan fingerprint density at radius 1 is 1.31 bits per heavy atom. The highest BCUT2D eigenvalue weighted by molar-refractivity contribution is 5.78. The van der Waals surface area contributed by atoms with Crippen LogP contribution in [0, 0.1) is 5.82 Å². The van der Waals surface area contributed by atoms with Gasteiger partial charge in [0.2, 0.25) is 0 Å². The molecule has 2 aromatic heterocycles. The fourth-order valence-electron chi connectivity index (χ4n) is 4.22. The maximum absolute atomic E-state index is 13.4. The lowest BCUT2D eigenvalue weighted by Crippen LogP contribution is -2.44. The number of imidazole rings is 2. The number of aliphatic hydroxyl groups is 3. The Bertz CT molecular complexity index is 1160. The van der Waals surface area contributed by atoms with Crippen LogP contribution in [0.25, 0.3) is 11.0 Å². The first-order valence-electron chi connectivity index (χ1n) is 10.3. The van der Waals surface area contributed by atoms with Gasteiger partial charge in [-0.3, -0.25) is 9.88 Å². The number of fused-ring (bicyclic) bond motifs is 2. The molecule has 5 rings (SSSR count). The number of hydrogen-bond donors (Lipinski definition) is 5. The molecule has 5 N–H and O–H groups in total. The third-order valence-electron chi connectivity index (χ3n) is 5.97. The van der Waals surface area contributed by atoms with E-state index >= 15 is 0 Å². The number of rotatable bonds is 6. The van der Waals surface area contributed by atoms with Crippen LogP contribution in [0.1, 0.15) is 25.0 Å². The number of halogens is 1. The van der Waals surface area contributed by atoms with E-state index in [0.717, 1.165) is 5.52 Å². The summed E-state index contributed by atoms with van der Waals surface area (Å²) in [6.07, 6.45) is 1.16. The van der Waals surface area contributed by atoms with Crippen molar-refractivity contribution in [3.8, 4) is 0 Å². The van der Waals surface area contributed by atoms with Gasteiger partial charge in [-0.1, -0.05) is 0 Å². The van der Waals surface area contributed by atoms with Crippen molar-refractivity contribution in [1.82, 2.24) is 24.4 Å². The monoisotopic (exact) mass is 445 g/mol. The average Bonchev–Trinajstić information content (AvgIpc) is 3.43. The number of hydrogen-bond acceptors (Lipinski definition) is 9. The molecule has 32 heavy (non-hydrogen) atoms. The van der Waals surface area contributed by atoms with Gasteiger partial charge in [0.15, 0.2) is 6.23 Å². The molecule has 1 fully saturated rings. The molecule has 11 nitrogen and oxygen atoms in total. The van der Waals surface area contributed by atoms with Crippen molar-refractivity contribution in [1.29, 1.82) is 0 Å². The predicted molar refractivity (Wildman–Crippen MR) is 112 cm³/mol. The minimum Gasteiger partial charge on any atom is -0.394 e. The van der Waals surface area contributed by atoms with E-state index in [-0.39, 0.29) is 5.82 Å². The smallest absolute Gasteiger partial charge is 0.168 e. The molecule has 0 radical (unpaired) electrons. The van der Waals surface area contributed by atoms with Gasteiger partial charge < -0.3 is 29.9 Å². The van der Waals surface area contributed by atoms with Crippen LogP contribution in [0.5, 0.6) is 0 Å². The van der Waals surface area contributed by atoms with E-state index in [9.17, 15) is 19.7 Å². The van der Waals surface area contributed by atoms with Gasteiger partial charge in [0.25, 0.3) is 0 Å². The number of aliphatic hydroxyl groups excluding tert-OH is 2. The van der Waals surface area contributed by atoms with Gasteiger partial charge in [0.05, 0.1) is 36.6 Å². The molecule has 4 heterocycles. The first kappa shape index (κ1) is 21.0. The molecule has 12 heteroatoms. The van der Waals surface area contributed by atoms with Crippen LogP contribution in [0.2, 0.25) is 0 Å². The van der Waals surface area contributed by atoms with Crippen LogP contribution < -0.4 is 10.6 Å². The largest absolute Gasteiger partial charge is 0.394 e. The van der Waals surface area contributed by atoms with E-state index in [4.69, 9.17) is 4.74 Å². The Morgan fingerprint density at radius 3 is 2.94 bits per heavy atom. The summed E-state index contributed by atoms with van der Waals surface area (Å²) < 4.78 is 22.6. The molecular weight excluding hydrogens is 421 g/mol. The Kier molecular flexibility index (Phi) is 5.18. The molecule has 5 atom stereocenters. The fourth-order valence-corrected chi connectivity index (χ4v) is 4.22. The lowest BCUT2D eigenvalue weighted by molar-refractivity contribution is -0.0957. The maximum Gasteiger partial charge on any atom is 0.168 e. The molecule has 0 spiro atoms. The summed E-state index contributed by atoms with van der Waals surface area (Å²) in [4.78, 5) is 13.0. The van der Waals surface area contributed by atoms with Crippen LogP contribution in [-0.2, 0) is 11.3 Å². The molecule has 3 aromatic rings. The van der Waals surface area contributed by atoms with Gasteiger partial charge in [0.1, 0.15) is 41.3 Å². The SMILES string of the molecule is C[C@@]1(O)C(O)C(CO)OC1n1cnc2c1NC=NC2NCCn1cnc2cc(F)ccc21. The van der Waals surface area contributed by atoms with Crippen molar-refractivity contribution in [2.75, 3.05) is 18.5 Å². The fraction of sp³-hybridized carbons (Fsp3) is 0.450. The van der Waals surface area contributed by atoms with Crippen LogP contribution >= 0.6 is 0 Å². The average molecular weight is 445 g/mol. The number of benzene rings is 1. The van der Waals surface area contributed by atoms with Crippen molar-refractivity contribution in [3.05, 3.63) is 42.4 Å². The second-order valence-electron chi connectivity index (χ2n) is 8.12. The van der Waals surface area contributed by atoms with Crippen molar-refractivity contribution in [3.63, 3.8) is 0 Å². The third kappa shape index (κ3) is 3.36. The van der Waals surface area contributed by atoms with Crippen LogP contribution in [0.4, 0.5) is 10.2 Å². The minimum absolute atomic E-state index is 0.323. The number of aromatic nitrogens is 4. The van der Waals surface area contributed by atoms with Crippen LogP contribution in [0.3, 0.4) is 0 Å². The van der Waals surface area contributed by atoms with Gasteiger partial charge in [-0.05, 0) is 19.1 Å². The van der Waals surface area contributed by atoms with E-state index in [1.165, 1.54) is 31.7 Å². The molecule has 0 saturated carbocycles. The molecule has 0 bridgehead atoms. The zero-order chi connectivity index (χ0) is 22.5. The standard InChI is InChI=1S/C20H24FN7O4/c1-20(31)16(30)14(7-29)32-19(20)28-10-26-15-17(23-8-24-18(15)28)22-4-5-27-9-25-12-6-11(21)2-3-13(12)27/h2-3,6,8-10,14,16-17,19,22,29-31H,4-5,7H2,1H3,(H,23,24)/t14?,16?,17?,19?,20-/m1/s1. The number of nitrogens with one attached hydrogen (secondary N) is 2. The summed E-state index contributed by atoms with van der Waals surface area (Å²) in [5.74, 6) is 0.244. The molecular formula is C20H24FN7O4. The molecule has 4 unspecified atom stereocenters. The number of anilines is 1. The summed E-state index contributed by atoms with van der Waals surface area (Å²) in [6.45, 7) is 2.17. The number of nitrogens with zero attached hydrogens (tertiary/aromatic N) is 5. The molecule has 0 aliphatic carbocycles. The summed E-state index contributed by atoms with van der Waals surface area (Å²) in [5, 5.41) is 36.8. The van der Waals surface area contributed by atoms with Crippen molar-refractivity contribution in [2.45, 2.75) is 43.7 Å². The van der Waals surface area contributed by atoms with E-state index in [0.29, 0.717) is 30.1 Å². The molecule has 0 amide bonds. The number of ether oxygens (including phenoxy) is 1. The lowest BCUT2D eigenvalue weighted by Gasteiger charge is -2.29. The lowest BCUT2D eigenvalue weighted by atomic mass is 9.96. The quantitative estimate of drug-likeness (QED) is 0.360. The molecule has 170 valence electrons. The third-order valence-corrected chi connectivity index (χ3v) is 5.97. The Balaban J connectivity index is 1.31. The first-order chi connectivity index (χ1) is 15.4. The summed E-state index contributed by atoms with van der Waals surface area (Å²) >= 11 is 0. The van der Waals surface area contributed by atoms with Crippen molar-refractivity contribution in [2.24, 2.45) is 4.99 Å². The Hall–Kier alpha value is -2.90. The van der Waals surface area contributed by atoms with Crippen molar-refractivity contribution < 1.29 is 24.4 Å². The van der Waals surface area contributed by atoms with Crippen LogP contribution in [0.15, 0.2) is 35.8 Å². The zero-order valence-corrected chi connectivity index (χ0v) is 17.3. The van der Waals surface area contributed by atoms with Gasteiger partial charge in [0, 0.05) is 19.2 Å². The molecule has 2 aliphatic heterocycles. The second-order valence-corrected chi connectivity index (χ2v) is 8.12. The van der Waals surface area contributed by atoms with E-state index in [2.05, 4.69) is 25.6 Å². The summed E-state index contributed by atoms with van der Waals surface area (Å²) in [6, 6.07) is 4.50. The van der Waals surface area contributed by atoms with E-state index in [1.807, 2.05) is 4.57 Å². The van der Waals surface area contributed by atoms with Gasteiger partial charge in [-0.2, -0.15) is 0 Å². The Labute approximate surface area is 182 Å². The van der Waals surface area contributed by atoms with E-state index < -0.39 is 36.8 Å². The maximum atomic E-state index is 13.4. The second kappa shape index (κ2) is 7.90. The molecule has 2 aliphatic rings. The summed E-state index contributed by atoms with van der Waals surface area (Å²) in [7, 11) is 0. The highest BCUT2D eigenvalue weighted by Gasteiger charge is 2.53. The van der Waals surface area contributed by atoms with Gasteiger partial charge >= 0.3 is 0 Å². The normalized spacial score (nSPS) is 29.4. The van der Waals surface area contributed by atoms with Crippen molar-refractivity contribution >= 4 is 23.2 Å². The highest BCUT2D eigenvalue weighted by Crippen LogP contribution is 2.41. The zero-order valence-electron chi connectivity index (χ0n) is 17.3. The number of aliphatic imine (C=N–C) groups is 1. The first-order valence-corrected chi connectivity index (χ1v) is 10.3. The van der Waals surface area contributed by atoms with Gasteiger partial charge in [-0.15, -0.1) is 0 Å². The minimum atomic E-state index is -1.62. The Morgan fingerprint density at radius 2 is 2.16 bits per heavy atom. The van der Waals surface area contributed by atoms with Gasteiger partial charge in [-0.25, -0.2) is 19.4 Å². The topological polar surface area (TPSA) is 142 Å². The molecule has 1 aromatic carbocycles. The van der Waals surface area contributed by atoms with Crippen LogP contribution in [-0.4, -0.2) is 71.7 Å². The van der Waals surface area contributed by atoms with E-state index in [1.54, 1.807) is 17.0 Å². The highest BCUT2D eigenvalue weighted by atomic mass is 19.1. The molecule has 1 saturated heterocycles. The predicted octanol–water partition coefficient (Wildman–Crippen LogP) is 0.116. The summed E-state index contributed by atoms with van der Waals surface area (Å²) in [5.41, 5.74) is 0.414.